The number of amides is 2. The number of hydrogen-bond acceptors (Lipinski definition) is 4. The first-order valence-electron chi connectivity index (χ1n) is 7.41. The van der Waals surface area contributed by atoms with E-state index in [1.165, 1.54) is 0 Å². The summed E-state index contributed by atoms with van der Waals surface area (Å²) in [6, 6.07) is 11.9. The molecule has 2 aromatic rings. The summed E-state index contributed by atoms with van der Waals surface area (Å²) in [5.41, 5.74) is 2.25. The van der Waals surface area contributed by atoms with Crippen LogP contribution in [0.2, 0.25) is 0 Å². The van der Waals surface area contributed by atoms with Crippen molar-refractivity contribution in [3.05, 3.63) is 52.2 Å². The fourth-order valence-electron chi connectivity index (χ4n) is 2.02. The van der Waals surface area contributed by atoms with E-state index in [1.807, 2.05) is 60.8 Å². The number of rotatable bonds is 6. The van der Waals surface area contributed by atoms with Gasteiger partial charge in [-0.05, 0) is 35.6 Å². The highest BCUT2D eigenvalue weighted by atomic mass is 32.1. The van der Waals surface area contributed by atoms with Gasteiger partial charge < -0.3 is 15.5 Å². The summed E-state index contributed by atoms with van der Waals surface area (Å²) in [7, 11) is 3.98. The zero-order valence-electron chi connectivity index (χ0n) is 13.3. The van der Waals surface area contributed by atoms with Gasteiger partial charge in [0, 0.05) is 31.2 Å². The number of anilines is 1. The van der Waals surface area contributed by atoms with Gasteiger partial charge in [0.05, 0.1) is 6.54 Å². The molecule has 23 heavy (non-hydrogen) atoms. The molecular formula is C17H21N3O2S. The van der Waals surface area contributed by atoms with Crippen molar-refractivity contribution in [3.8, 4) is 0 Å². The Bertz CT molecular complexity index is 636. The molecule has 0 aliphatic heterocycles. The Morgan fingerprint density at radius 2 is 1.74 bits per heavy atom. The number of nitrogens with zero attached hydrogens (tertiary/aromatic N) is 1. The molecular weight excluding hydrogens is 310 g/mol. The molecule has 0 radical (unpaired) electrons. The third-order valence-corrected chi connectivity index (χ3v) is 4.24. The zero-order valence-corrected chi connectivity index (χ0v) is 14.2. The summed E-state index contributed by atoms with van der Waals surface area (Å²) >= 11 is 1.54. The molecule has 0 bridgehead atoms. The summed E-state index contributed by atoms with van der Waals surface area (Å²) in [5.74, 6) is -1.19. The SMILES string of the molecule is CN(C)c1ccc(CCNC(=O)C(=O)NCc2cccs2)cc1. The number of benzene rings is 1. The van der Waals surface area contributed by atoms with Crippen molar-refractivity contribution in [2.24, 2.45) is 0 Å². The van der Waals surface area contributed by atoms with Gasteiger partial charge in [0.1, 0.15) is 0 Å². The molecule has 5 nitrogen and oxygen atoms in total. The Kier molecular flexibility index (Phi) is 6.17. The van der Waals surface area contributed by atoms with Crippen molar-refractivity contribution in [1.29, 1.82) is 0 Å². The van der Waals surface area contributed by atoms with Gasteiger partial charge in [-0.15, -0.1) is 11.3 Å². The topological polar surface area (TPSA) is 61.4 Å². The first-order valence-corrected chi connectivity index (χ1v) is 8.29. The molecule has 0 saturated heterocycles. The van der Waals surface area contributed by atoms with Gasteiger partial charge in [-0.3, -0.25) is 9.59 Å². The lowest BCUT2D eigenvalue weighted by atomic mass is 10.1. The summed E-state index contributed by atoms with van der Waals surface area (Å²) in [6.07, 6.45) is 0.692. The number of hydrogen-bond donors (Lipinski definition) is 2. The van der Waals surface area contributed by atoms with Crippen LogP contribution in [0.3, 0.4) is 0 Å². The van der Waals surface area contributed by atoms with E-state index in [0.29, 0.717) is 19.5 Å². The lowest BCUT2D eigenvalue weighted by molar-refractivity contribution is -0.139. The van der Waals surface area contributed by atoms with Crippen molar-refractivity contribution in [2.75, 3.05) is 25.5 Å². The highest BCUT2D eigenvalue weighted by Gasteiger charge is 2.12. The second-order valence-corrected chi connectivity index (χ2v) is 6.36. The third-order valence-electron chi connectivity index (χ3n) is 3.36. The maximum atomic E-state index is 11.7. The van der Waals surface area contributed by atoms with Crippen molar-refractivity contribution in [3.63, 3.8) is 0 Å². The fraction of sp³-hybridized carbons (Fsp3) is 0.294. The second kappa shape index (κ2) is 8.33. The molecule has 2 amide bonds. The molecule has 122 valence electrons. The normalized spacial score (nSPS) is 10.2. The Balaban J connectivity index is 1.70. The van der Waals surface area contributed by atoms with Crippen LogP contribution in [-0.2, 0) is 22.6 Å². The van der Waals surface area contributed by atoms with Crippen molar-refractivity contribution in [1.82, 2.24) is 10.6 Å². The Labute approximate surface area is 140 Å². The van der Waals surface area contributed by atoms with E-state index in [-0.39, 0.29) is 0 Å². The van der Waals surface area contributed by atoms with Crippen LogP contribution in [0.25, 0.3) is 0 Å². The van der Waals surface area contributed by atoms with E-state index in [1.54, 1.807) is 11.3 Å². The maximum Gasteiger partial charge on any atom is 0.309 e. The Morgan fingerprint density at radius 3 is 2.35 bits per heavy atom. The minimum Gasteiger partial charge on any atom is -0.378 e. The molecule has 1 aromatic heterocycles. The highest BCUT2D eigenvalue weighted by molar-refractivity contribution is 7.09. The number of thiophene rings is 1. The van der Waals surface area contributed by atoms with E-state index >= 15 is 0 Å². The standard InChI is InChI=1S/C17H21N3O2S/c1-20(2)14-7-5-13(6-8-14)9-10-18-16(21)17(22)19-12-15-4-3-11-23-15/h3-8,11H,9-10,12H2,1-2H3,(H,18,21)(H,19,22). The van der Waals surface area contributed by atoms with Gasteiger partial charge in [0.15, 0.2) is 0 Å². The van der Waals surface area contributed by atoms with E-state index < -0.39 is 11.8 Å². The molecule has 2 N–H and O–H groups in total. The first kappa shape index (κ1) is 17.0. The summed E-state index contributed by atoms with van der Waals surface area (Å²) in [4.78, 5) is 26.4. The molecule has 0 unspecified atom stereocenters. The molecule has 0 aliphatic rings. The molecule has 1 aromatic carbocycles. The smallest absolute Gasteiger partial charge is 0.309 e. The minimum absolute atomic E-state index is 0.385. The lowest BCUT2D eigenvalue weighted by Gasteiger charge is -2.12. The quantitative estimate of drug-likeness (QED) is 0.794. The van der Waals surface area contributed by atoms with Crippen molar-refractivity contribution in [2.45, 2.75) is 13.0 Å². The highest BCUT2D eigenvalue weighted by Crippen LogP contribution is 2.12. The Hall–Kier alpha value is -2.34. The average Bonchev–Trinajstić information content (AvgIpc) is 3.06. The molecule has 0 saturated carbocycles. The van der Waals surface area contributed by atoms with Gasteiger partial charge >= 0.3 is 11.8 Å². The maximum absolute atomic E-state index is 11.7. The predicted octanol–water partition coefficient (Wildman–Crippen LogP) is 1.79. The van der Waals surface area contributed by atoms with E-state index in [9.17, 15) is 9.59 Å². The summed E-state index contributed by atoms with van der Waals surface area (Å²) in [5, 5.41) is 7.18. The molecule has 0 spiro atoms. The van der Waals surface area contributed by atoms with Gasteiger partial charge in [-0.2, -0.15) is 0 Å². The van der Waals surface area contributed by atoms with Gasteiger partial charge in [0.2, 0.25) is 0 Å². The van der Waals surface area contributed by atoms with Crippen molar-refractivity contribution >= 4 is 28.8 Å². The van der Waals surface area contributed by atoms with Crippen LogP contribution < -0.4 is 15.5 Å². The van der Waals surface area contributed by atoms with Crippen LogP contribution in [-0.4, -0.2) is 32.5 Å². The van der Waals surface area contributed by atoms with Crippen molar-refractivity contribution < 1.29 is 9.59 Å². The van der Waals surface area contributed by atoms with Crippen LogP contribution in [0.1, 0.15) is 10.4 Å². The Morgan fingerprint density at radius 1 is 1.04 bits per heavy atom. The van der Waals surface area contributed by atoms with Crippen LogP contribution in [0.4, 0.5) is 5.69 Å². The van der Waals surface area contributed by atoms with E-state index in [4.69, 9.17) is 0 Å². The molecule has 0 atom stereocenters. The molecule has 6 heteroatoms. The van der Waals surface area contributed by atoms with Crippen LogP contribution in [0.15, 0.2) is 41.8 Å². The van der Waals surface area contributed by atoms with Crippen LogP contribution in [0.5, 0.6) is 0 Å². The molecule has 2 rings (SSSR count). The van der Waals surface area contributed by atoms with E-state index in [2.05, 4.69) is 10.6 Å². The minimum atomic E-state index is -0.596. The average molecular weight is 331 g/mol. The lowest BCUT2D eigenvalue weighted by Crippen LogP contribution is -2.40. The molecule has 0 aliphatic carbocycles. The first-order chi connectivity index (χ1) is 11.1. The van der Waals surface area contributed by atoms with Gasteiger partial charge in [-0.25, -0.2) is 0 Å². The number of nitrogens with one attached hydrogen (secondary N) is 2. The number of carbonyl (C=O) groups excluding carboxylic acids is 2. The summed E-state index contributed by atoms with van der Waals surface area (Å²) in [6.45, 7) is 0.822. The summed E-state index contributed by atoms with van der Waals surface area (Å²) < 4.78 is 0. The van der Waals surface area contributed by atoms with E-state index in [0.717, 1.165) is 16.1 Å². The second-order valence-electron chi connectivity index (χ2n) is 5.33. The monoisotopic (exact) mass is 331 g/mol. The zero-order chi connectivity index (χ0) is 16.7. The molecule has 1 heterocycles. The van der Waals surface area contributed by atoms with Gasteiger partial charge in [0.25, 0.3) is 0 Å². The van der Waals surface area contributed by atoms with Gasteiger partial charge in [-0.1, -0.05) is 18.2 Å². The third kappa shape index (κ3) is 5.41. The number of carbonyl (C=O) groups is 2. The largest absolute Gasteiger partial charge is 0.378 e. The van der Waals surface area contributed by atoms with Crippen LogP contribution in [0, 0.1) is 0 Å². The molecule has 0 fully saturated rings. The van der Waals surface area contributed by atoms with Crippen LogP contribution >= 0.6 is 11.3 Å². The fourth-order valence-corrected chi connectivity index (χ4v) is 2.67. The predicted molar refractivity (Wildman–Crippen MR) is 93.6 cm³/mol.